The number of hydrogen-bond acceptors (Lipinski definition) is 6. The van der Waals surface area contributed by atoms with Crippen molar-refractivity contribution in [3.05, 3.63) is 125 Å². The van der Waals surface area contributed by atoms with Gasteiger partial charge in [0.2, 0.25) is 11.8 Å². The number of anilines is 1. The molecule has 0 fully saturated rings. The van der Waals surface area contributed by atoms with Crippen molar-refractivity contribution in [2.45, 2.75) is 50.3 Å². The summed E-state index contributed by atoms with van der Waals surface area (Å²) in [5, 5.41) is 21.0. The zero-order valence-corrected chi connectivity index (χ0v) is 26.6. The maximum absolute atomic E-state index is 13.8. The van der Waals surface area contributed by atoms with Gasteiger partial charge >= 0.3 is 6.09 Å². The van der Waals surface area contributed by atoms with Gasteiger partial charge in [-0.3, -0.25) is 9.59 Å². The Labute approximate surface area is 275 Å². The van der Waals surface area contributed by atoms with E-state index in [1.54, 1.807) is 24.3 Å². The first-order valence-electron chi connectivity index (χ1n) is 16.1. The Morgan fingerprint density at radius 2 is 1.36 bits per heavy atom. The highest BCUT2D eigenvalue weighted by Crippen LogP contribution is 2.44. The smallest absolute Gasteiger partial charge is 0.407 e. The van der Waals surface area contributed by atoms with E-state index in [1.165, 1.54) is 0 Å². The quantitative estimate of drug-likeness (QED) is 0.115. The highest BCUT2D eigenvalue weighted by molar-refractivity contribution is 5.98. The number of aliphatic hydroxyl groups is 1. The number of benzene rings is 4. The Kier molecular flexibility index (Phi) is 11.7. The summed E-state index contributed by atoms with van der Waals surface area (Å²) < 4.78 is 5.77. The van der Waals surface area contributed by atoms with Crippen LogP contribution in [0.1, 0.15) is 47.4 Å². The molecule has 0 spiro atoms. The highest BCUT2D eigenvalue weighted by atomic mass is 16.5. The molecule has 9 nitrogen and oxygen atoms in total. The first-order chi connectivity index (χ1) is 23.0. The number of aliphatic hydroxyl groups excluding tert-OH is 1. The van der Waals surface area contributed by atoms with E-state index in [1.807, 2.05) is 61.6 Å². The number of fused-ring (bicyclic) bond motifs is 3. The molecule has 1 aliphatic rings. The van der Waals surface area contributed by atoms with Crippen LogP contribution < -0.4 is 21.3 Å². The van der Waals surface area contributed by atoms with Crippen LogP contribution in [0.5, 0.6) is 0 Å². The van der Waals surface area contributed by atoms with Crippen molar-refractivity contribution in [2.24, 2.45) is 0 Å². The van der Waals surface area contributed by atoms with Crippen molar-refractivity contribution >= 4 is 23.6 Å². The van der Waals surface area contributed by atoms with Gasteiger partial charge in [0.15, 0.2) is 0 Å². The molecule has 4 aromatic carbocycles. The van der Waals surface area contributed by atoms with Crippen LogP contribution in [0.15, 0.2) is 103 Å². The second-order valence-electron chi connectivity index (χ2n) is 11.7. The molecular formula is C38H42N4O5. The number of rotatable bonds is 15. The molecular weight excluding hydrogens is 592 g/mol. The van der Waals surface area contributed by atoms with Gasteiger partial charge in [0.05, 0.1) is 6.61 Å². The van der Waals surface area contributed by atoms with Crippen molar-refractivity contribution in [1.29, 1.82) is 0 Å². The largest absolute Gasteiger partial charge is 0.449 e. The second kappa shape index (κ2) is 16.5. The molecule has 3 amide bonds. The van der Waals surface area contributed by atoms with Gasteiger partial charge in [0, 0.05) is 18.0 Å². The van der Waals surface area contributed by atoms with Crippen molar-refractivity contribution in [1.82, 2.24) is 16.0 Å². The fourth-order valence-corrected chi connectivity index (χ4v) is 5.96. The second-order valence-corrected chi connectivity index (χ2v) is 11.7. The minimum absolute atomic E-state index is 0.0994. The summed E-state index contributed by atoms with van der Waals surface area (Å²) in [6.45, 7) is 0.799. The molecule has 0 aromatic heterocycles. The van der Waals surface area contributed by atoms with Crippen molar-refractivity contribution in [2.75, 3.05) is 25.5 Å². The predicted molar refractivity (Wildman–Crippen MR) is 183 cm³/mol. The zero-order valence-electron chi connectivity index (χ0n) is 26.6. The molecule has 2 atom stereocenters. The third kappa shape index (κ3) is 8.84. The maximum Gasteiger partial charge on any atom is 0.407 e. The van der Waals surface area contributed by atoms with Crippen molar-refractivity contribution in [3.63, 3.8) is 0 Å². The lowest BCUT2D eigenvalue weighted by Gasteiger charge is -2.24. The molecule has 0 aliphatic heterocycles. The predicted octanol–water partition coefficient (Wildman–Crippen LogP) is 5.14. The van der Waals surface area contributed by atoms with E-state index in [9.17, 15) is 19.5 Å². The van der Waals surface area contributed by atoms with Gasteiger partial charge in [0.25, 0.3) is 0 Å². The fourth-order valence-electron chi connectivity index (χ4n) is 5.96. The molecule has 0 saturated carbocycles. The Morgan fingerprint density at radius 3 is 2.00 bits per heavy atom. The van der Waals surface area contributed by atoms with Crippen LogP contribution in [0.25, 0.3) is 11.1 Å². The standard InChI is InChI=1S/C38H42N4O5/c1-39-22-10-9-17-34(36(44)40-28-20-18-27(24-43)19-21-28)41-37(45)35(23-26-11-3-2-4-12-26)42-38(46)47-25-33-31-15-7-5-13-29(31)30-14-6-8-16-32(30)33/h2-8,11-16,18-21,33-35,39,43H,9-10,17,22-25H2,1H3,(H,40,44)(H,41,45)(H,42,46)/t34-,35+/m0/s1. The van der Waals surface area contributed by atoms with Crippen LogP contribution in [0.2, 0.25) is 0 Å². The normalized spacial score (nSPS) is 13.1. The summed E-state index contributed by atoms with van der Waals surface area (Å²) in [6, 6.07) is 30.7. The van der Waals surface area contributed by atoms with Gasteiger partial charge in [-0.05, 0) is 78.4 Å². The molecule has 0 radical (unpaired) electrons. The maximum atomic E-state index is 13.8. The van der Waals surface area contributed by atoms with Gasteiger partial charge < -0.3 is 31.1 Å². The molecule has 9 heteroatoms. The van der Waals surface area contributed by atoms with E-state index >= 15 is 0 Å². The Balaban J connectivity index is 1.28. The minimum Gasteiger partial charge on any atom is -0.449 e. The number of alkyl carbamates (subject to hydrolysis) is 1. The molecule has 5 rings (SSSR count). The van der Waals surface area contributed by atoms with Gasteiger partial charge in [-0.1, -0.05) is 91.0 Å². The number of hydrogen-bond donors (Lipinski definition) is 5. The zero-order chi connectivity index (χ0) is 33.0. The van der Waals surface area contributed by atoms with Crippen LogP contribution in [0.3, 0.4) is 0 Å². The Morgan fingerprint density at radius 1 is 0.723 bits per heavy atom. The third-order valence-corrected chi connectivity index (χ3v) is 8.44. The Bertz CT molecular complexity index is 1600. The van der Waals surface area contributed by atoms with Crippen LogP contribution in [0.4, 0.5) is 10.5 Å². The van der Waals surface area contributed by atoms with Gasteiger partial charge in [0.1, 0.15) is 18.7 Å². The summed E-state index contributed by atoms with van der Waals surface area (Å²) in [7, 11) is 1.87. The topological polar surface area (TPSA) is 129 Å². The SMILES string of the molecule is CNCCCC[C@H](NC(=O)[C@@H](Cc1ccccc1)NC(=O)OCC1c2ccccc2-c2ccccc21)C(=O)Nc1ccc(CO)cc1. The summed E-state index contributed by atoms with van der Waals surface area (Å²) in [5.41, 5.74) is 6.58. The van der Waals surface area contributed by atoms with E-state index in [4.69, 9.17) is 4.74 Å². The molecule has 244 valence electrons. The highest BCUT2D eigenvalue weighted by Gasteiger charge is 2.31. The van der Waals surface area contributed by atoms with Gasteiger partial charge in [-0.2, -0.15) is 0 Å². The number of nitrogens with one attached hydrogen (secondary N) is 4. The monoisotopic (exact) mass is 634 g/mol. The van der Waals surface area contributed by atoms with Crippen LogP contribution >= 0.6 is 0 Å². The van der Waals surface area contributed by atoms with E-state index in [0.717, 1.165) is 46.3 Å². The minimum atomic E-state index is -0.982. The van der Waals surface area contributed by atoms with Crippen LogP contribution in [-0.2, 0) is 27.4 Å². The van der Waals surface area contributed by atoms with E-state index in [-0.39, 0.29) is 31.5 Å². The fraction of sp³-hybridized carbons (Fsp3) is 0.289. The van der Waals surface area contributed by atoms with Crippen LogP contribution in [0, 0.1) is 0 Å². The number of ether oxygens (including phenoxy) is 1. The molecule has 47 heavy (non-hydrogen) atoms. The van der Waals surface area contributed by atoms with Crippen molar-refractivity contribution < 1.29 is 24.2 Å². The molecule has 4 aromatic rings. The van der Waals surface area contributed by atoms with Gasteiger partial charge in [-0.15, -0.1) is 0 Å². The van der Waals surface area contributed by atoms with E-state index in [2.05, 4.69) is 45.5 Å². The summed E-state index contributed by atoms with van der Waals surface area (Å²) >= 11 is 0. The Hall–Kier alpha value is -4.99. The third-order valence-electron chi connectivity index (χ3n) is 8.44. The molecule has 0 unspecified atom stereocenters. The van der Waals surface area contributed by atoms with E-state index in [0.29, 0.717) is 18.5 Å². The first-order valence-corrected chi connectivity index (χ1v) is 16.1. The number of carbonyl (C=O) groups excluding carboxylic acids is 3. The summed E-state index contributed by atoms with van der Waals surface area (Å²) in [5.74, 6) is -0.961. The average molecular weight is 635 g/mol. The lowest BCUT2D eigenvalue weighted by molar-refractivity contribution is -0.128. The van der Waals surface area contributed by atoms with E-state index < -0.39 is 24.1 Å². The number of unbranched alkanes of at least 4 members (excludes halogenated alkanes) is 1. The van der Waals surface area contributed by atoms with Gasteiger partial charge in [-0.25, -0.2) is 4.79 Å². The van der Waals surface area contributed by atoms with Crippen molar-refractivity contribution in [3.8, 4) is 11.1 Å². The lowest BCUT2D eigenvalue weighted by atomic mass is 9.98. The van der Waals surface area contributed by atoms with Crippen LogP contribution in [-0.4, -0.2) is 55.3 Å². The lowest BCUT2D eigenvalue weighted by Crippen LogP contribution is -2.53. The molecule has 0 bridgehead atoms. The average Bonchev–Trinajstić information content (AvgIpc) is 3.42. The summed E-state index contributed by atoms with van der Waals surface area (Å²) in [6.07, 6.45) is 1.45. The summed E-state index contributed by atoms with van der Waals surface area (Å²) in [4.78, 5) is 40.5. The number of carbonyl (C=O) groups is 3. The molecule has 5 N–H and O–H groups in total. The molecule has 0 heterocycles. The molecule has 1 aliphatic carbocycles. The number of amides is 3. The first kappa shape index (κ1) is 33.4. The molecule has 0 saturated heterocycles.